The Morgan fingerprint density at radius 1 is 1.03 bits per heavy atom. The highest BCUT2D eigenvalue weighted by Crippen LogP contribution is 2.45. The second-order valence-corrected chi connectivity index (χ2v) is 9.77. The van der Waals surface area contributed by atoms with Crippen LogP contribution in [0.1, 0.15) is 82.1 Å². The summed E-state index contributed by atoms with van der Waals surface area (Å²) in [7, 11) is 1.38. The number of carboxylic acids is 2. The van der Waals surface area contributed by atoms with Crippen molar-refractivity contribution in [1.29, 1.82) is 0 Å². The summed E-state index contributed by atoms with van der Waals surface area (Å²) in [6.45, 7) is 8.34. The summed E-state index contributed by atoms with van der Waals surface area (Å²) in [6.07, 6.45) is 9.62. The van der Waals surface area contributed by atoms with Crippen molar-refractivity contribution in [1.82, 2.24) is 4.90 Å². The lowest BCUT2D eigenvalue weighted by Crippen LogP contribution is -2.41. The summed E-state index contributed by atoms with van der Waals surface area (Å²) >= 11 is 0. The van der Waals surface area contributed by atoms with Gasteiger partial charge in [-0.3, -0.25) is 9.59 Å². The molecule has 1 aromatic carbocycles. The molecule has 1 aliphatic heterocycles. The number of methoxy groups -OCH3 is 1. The van der Waals surface area contributed by atoms with Crippen LogP contribution in [0.15, 0.2) is 41.0 Å². The molecule has 1 atom stereocenters. The van der Waals surface area contributed by atoms with Gasteiger partial charge in [0.25, 0.3) is 5.91 Å². The van der Waals surface area contributed by atoms with Crippen LogP contribution in [-0.2, 0) is 16.1 Å². The van der Waals surface area contributed by atoms with E-state index in [1.807, 2.05) is 13.0 Å². The van der Waals surface area contributed by atoms with Gasteiger partial charge in [0.1, 0.15) is 12.6 Å². The average molecular weight is 530 g/mol. The maximum absolute atomic E-state index is 12.9. The third kappa shape index (κ3) is 8.39. The van der Waals surface area contributed by atoms with E-state index in [9.17, 15) is 24.6 Å². The Hall–Kier alpha value is -3.75. The van der Waals surface area contributed by atoms with Crippen molar-refractivity contribution in [3.05, 3.63) is 52.1 Å². The lowest BCUT2D eigenvalue weighted by molar-refractivity contribution is -0.143. The van der Waals surface area contributed by atoms with Crippen molar-refractivity contribution >= 4 is 17.8 Å². The van der Waals surface area contributed by atoms with Crippen molar-refractivity contribution in [2.45, 2.75) is 78.8 Å². The normalized spacial score (nSPS) is 14.2. The van der Waals surface area contributed by atoms with E-state index in [2.05, 4.69) is 32.9 Å². The first-order valence-electron chi connectivity index (χ1n) is 12.7. The molecule has 2 rings (SSSR count). The molecule has 1 heterocycles. The van der Waals surface area contributed by atoms with Crippen molar-refractivity contribution in [2.75, 3.05) is 13.7 Å². The molecule has 208 valence electrons. The van der Waals surface area contributed by atoms with Crippen LogP contribution in [0.3, 0.4) is 0 Å². The van der Waals surface area contributed by atoms with Gasteiger partial charge in [0, 0.05) is 12.0 Å². The number of benzene rings is 1. The molecule has 3 N–H and O–H groups in total. The molecular formula is C29H39NO8. The number of phenolic OH excluding ortho intramolecular Hbond substituents is 1. The Morgan fingerprint density at radius 3 is 2.24 bits per heavy atom. The summed E-state index contributed by atoms with van der Waals surface area (Å²) in [4.78, 5) is 36.7. The molecule has 0 saturated heterocycles. The van der Waals surface area contributed by atoms with Gasteiger partial charge in [-0.2, -0.15) is 0 Å². The number of carboxylic acid groups (broad SMARTS) is 2. The van der Waals surface area contributed by atoms with Crippen molar-refractivity contribution in [2.24, 2.45) is 0 Å². The molecular weight excluding hydrogens is 490 g/mol. The third-order valence-corrected chi connectivity index (χ3v) is 6.44. The molecule has 1 aliphatic rings. The minimum Gasteiger partial charge on any atom is -0.504 e. The number of aromatic hydroxyl groups is 1. The minimum absolute atomic E-state index is 0.0670. The number of fused-ring (bicyclic) bond motifs is 1. The second kappa shape index (κ2) is 14.3. The number of carbonyl (C=O) groups excluding carboxylic acids is 1. The molecule has 0 bridgehead atoms. The largest absolute Gasteiger partial charge is 0.504 e. The van der Waals surface area contributed by atoms with Gasteiger partial charge in [-0.1, -0.05) is 28.9 Å². The Labute approximate surface area is 224 Å². The first kappa shape index (κ1) is 30.5. The van der Waals surface area contributed by atoms with Crippen LogP contribution in [-0.4, -0.2) is 57.8 Å². The van der Waals surface area contributed by atoms with Crippen LogP contribution in [0.4, 0.5) is 0 Å². The molecule has 1 amide bonds. The molecule has 0 unspecified atom stereocenters. The van der Waals surface area contributed by atoms with Crippen LogP contribution < -0.4 is 9.47 Å². The van der Waals surface area contributed by atoms with Crippen LogP contribution in [0.2, 0.25) is 0 Å². The highest BCUT2D eigenvalue weighted by Gasteiger charge is 2.39. The van der Waals surface area contributed by atoms with Crippen molar-refractivity contribution in [3.8, 4) is 17.2 Å². The van der Waals surface area contributed by atoms with Crippen LogP contribution >= 0.6 is 0 Å². The highest BCUT2D eigenvalue weighted by atomic mass is 16.5. The number of aliphatic carboxylic acids is 2. The zero-order chi connectivity index (χ0) is 28.4. The molecule has 0 saturated carbocycles. The quantitative estimate of drug-likeness (QED) is 0.255. The standard InChI is InChI=1S/C29H39NO8/c1-18(2)8-6-9-19(3)10-7-11-20(4)14-15-38-27-24(37-5)16-21-22(26(27)33)17-30(28(21)34)23(29(35)36)12-13-25(31)32/h8,10,14,16,23,33H,6-7,9,11-13,15,17H2,1-5H3,(H,31,32)(H,35,36)/t23-/m1/s1. The van der Waals surface area contributed by atoms with E-state index in [0.29, 0.717) is 0 Å². The number of carbonyl (C=O) groups is 3. The highest BCUT2D eigenvalue weighted by molar-refractivity contribution is 6.02. The van der Waals surface area contributed by atoms with Gasteiger partial charge in [0.15, 0.2) is 11.5 Å². The molecule has 0 spiro atoms. The topological polar surface area (TPSA) is 134 Å². The summed E-state index contributed by atoms with van der Waals surface area (Å²) in [5.41, 5.74) is 4.14. The summed E-state index contributed by atoms with van der Waals surface area (Å²) in [5, 5.41) is 29.4. The Balaban J connectivity index is 2.08. The Bertz CT molecular complexity index is 1130. The van der Waals surface area contributed by atoms with Crippen molar-refractivity contribution < 1.29 is 39.2 Å². The lowest BCUT2D eigenvalue weighted by Gasteiger charge is -2.23. The van der Waals surface area contributed by atoms with Gasteiger partial charge in [0.2, 0.25) is 5.75 Å². The van der Waals surface area contributed by atoms with E-state index < -0.39 is 30.3 Å². The third-order valence-electron chi connectivity index (χ3n) is 6.44. The number of nitrogens with zero attached hydrogens (tertiary/aromatic N) is 1. The van der Waals surface area contributed by atoms with Gasteiger partial charge in [-0.15, -0.1) is 0 Å². The second-order valence-electron chi connectivity index (χ2n) is 9.77. The molecule has 0 radical (unpaired) electrons. The summed E-state index contributed by atoms with van der Waals surface area (Å²) in [5.74, 6) is -3.16. The number of hydrogen-bond acceptors (Lipinski definition) is 6. The van der Waals surface area contributed by atoms with Gasteiger partial charge >= 0.3 is 11.9 Å². The first-order chi connectivity index (χ1) is 18.0. The van der Waals surface area contributed by atoms with Gasteiger partial charge < -0.3 is 29.7 Å². The van der Waals surface area contributed by atoms with Crippen LogP contribution in [0.25, 0.3) is 0 Å². The van der Waals surface area contributed by atoms with Crippen LogP contribution in [0, 0.1) is 0 Å². The number of amides is 1. The lowest BCUT2D eigenvalue weighted by atomic mass is 10.1. The molecule has 9 nitrogen and oxygen atoms in total. The number of rotatable bonds is 15. The first-order valence-corrected chi connectivity index (χ1v) is 12.7. The maximum atomic E-state index is 12.9. The fourth-order valence-corrected chi connectivity index (χ4v) is 4.23. The summed E-state index contributed by atoms with van der Waals surface area (Å²) in [6, 6.07) is 0.0820. The van der Waals surface area contributed by atoms with E-state index in [1.165, 1.54) is 24.3 Å². The van der Waals surface area contributed by atoms with Crippen molar-refractivity contribution in [3.63, 3.8) is 0 Å². The van der Waals surface area contributed by atoms with Gasteiger partial charge in [-0.25, -0.2) is 4.79 Å². The van der Waals surface area contributed by atoms with E-state index in [1.54, 1.807) is 0 Å². The average Bonchev–Trinajstić information content (AvgIpc) is 3.16. The Morgan fingerprint density at radius 2 is 1.66 bits per heavy atom. The fraction of sp³-hybridized carbons (Fsp3) is 0.483. The number of phenols is 1. The predicted molar refractivity (Wildman–Crippen MR) is 144 cm³/mol. The van der Waals surface area contributed by atoms with Gasteiger partial charge in [0.05, 0.1) is 19.2 Å². The Kier molecular flexibility index (Phi) is 11.4. The molecule has 9 heteroatoms. The summed E-state index contributed by atoms with van der Waals surface area (Å²) < 4.78 is 11.2. The number of allylic oxidation sites excluding steroid dienone is 5. The van der Waals surface area contributed by atoms with Gasteiger partial charge in [-0.05, 0) is 71.9 Å². The minimum atomic E-state index is -1.34. The molecule has 1 aromatic rings. The van der Waals surface area contributed by atoms with E-state index in [4.69, 9.17) is 14.6 Å². The number of hydrogen-bond donors (Lipinski definition) is 3. The molecule has 0 fully saturated rings. The maximum Gasteiger partial charge on any atom is 0.326 e. The molecule has 0 aromatic heterocycles. The fourth-order valence-electron chi connectivity index (χ4n) is 4.23. The number of ether oxygens (including phenoxy) is 2. The smallest absolute Gasteiger partial charge is 0.326 e. The molecule has 0 aliphatic carbocycles. The van der Waals surface area contributed by atoms with Crippen LogP contribution in [0.5, 0.6) is 17.2 Å². The predicted octanol–water partition coefficient (Wildman–Crippen LogP) is 5.47. The zero-order valence-corrected chi connectivity index (χ0v) is 22.9. The van der Waals surface area contributed by atoms with E-state index in [0.717, 1.165) is 36.2 Å². The van der Waals surface area contributed by atoms with E-state index in [-0.39, 0.29) is 47.9 Å². The monoisotopic (exact) mass is 529 g/mol. The molecule has 38 heavy (non-hydrogen) atoms. The zero-order valence-electron chi connectivity index (χ0n) is 22.9. The van der Waals surface area contributed by atoms with E-state index >= 15 is 0 Å². The SMILES string of the molecule is COc1cc2c(c(O)c1OCC=C(C)CCC=C(C)CCC=C(C)C)CN([C@H](CCC(=O)O)C(=O)O)C2=O.